The zero-order valence-electron chi connectivity index (χ0n) is 17.4. The first-order valence-electron chi connectivity index (χ1n) is 9.86. The molecule has 30 heavy (non-hydrogen) atoms. The first-order chi connectivity index (χ1) is 14.4. The number of benzene rings is 2. The van der Waals surface area contributed by atoms with Gasteiger partial charge >= 0.3 is 5.97 Å². The average Bonchev–Trinajstić information content (AvgIpc) is 3.22. The number of rotatable bonds is 5. The highest BCUT2D eigenvalue weighted by Gasteiger charge is 2.31. The number of ketones is 1. The fourth-order valence-corrected chi connectivity index (χ4v) is 3.62. The van der Waals surface area contributed by atoms with E-state index in [1.807, 2.05) is 42.1 Å². The number of allylic oxidation sites excluding steroid dienone is 1. The summed E-state index contributed by atoms with van der Waals surface area (Å²) in [5, 5.41) is 1.05. The molecular weight excluding hydrogens is 382 g/mol. The second kappa shape index (κ2) is 7.71. The molecule has 1 aliphatic heterocycles. The van der Waals surface area contributed by atoms with Crippen LogP contribution in [0.15, 0.2) is 48.4 Å². The molecule has 6 heteroatoms. The first kappa shape index (κ1) is 19.8. The molecule has 2 heterocycles. The van der Waals surface area contributed by atoms with Crippen LogP contribution in [-0.4, -0.2) is 29.0 Å². The van der Waals surface area contributed by atoms with Gasteiger partial charge in [0.2, 0.25) is 5.78 Å². The molecule has 0 amide bonds. The molecule has 0 saturated carbocycles. The fourth-order valence-electron chi connectivity index (χ4n) is 3.62. The topological polar surface area (TPSA) is 66.8 Å². The lowest BCUT2D eigenvalue weighted by Gasteiger charge is -2.16. The van der Waals surface area contributed by atoms with Gasteiger partial charge in [-0.15, -0.1) is 0 Å². The predicted molar refractivity (Wildman–Crippen MR) is 114 cm³/mol. The zero-order valence-corrected chi connectivity index (χ0v) is 17.4. The normalized spacial score (nSPS) is 15.2. The summed E-state index contributed by atoms with van der Waals surface area (Å²) in [5.74, 6) is 0.588. The number of Topliss-reactive ketones (excluding diaryl/α,β-unsaturated/α-hetero) is 1. The van der Waals surface area contributed by atoms with E-state index in [1.165, 1.54) is 0 Å². The van der Waals surface area contributed by atoms with Crippen molar-refractivity contribution >= 4 is 28.7 Å². The molecule has 0 saturated heterocycles. The van der Waals surface area contributed by atoms with Crippen LogP contribution in [0.1, 0.15) is 35.3 Å². The van der Waals surface area contributed by atoms with Crippen molar-refractivity contribution in [3.05, 3.63) is 65.0 Å². The molecule has 1 unspecified atom stereocenters. The first-order valence-corrected chi connectivity index (χ1v) is 9.86. The number of carbonyl (C=O) groups is 2. The minimum atomic E-state index is -0.760. The standard InChI is InChI=1S/C24H23NO5/c1-5-28-24(27)15(3)29-20-11-10-18-22(26)21(30-23(18)14(20)2)12-16-13-25(4)19-9-7-6-8-17(16)19/h6-13,15H,5H2,1-4H3/b21-12-. The lowest BCUT2D eigenvalue weighted by Crippen LogP contribution is -2.26. The van der Waals surface area contributed by atoms with E-state index in [2.05, 4.69) is 0 Å². The average molecular weight is 405 g/mol. The smallest absolute Gasteiger partial charge is 0.347 e. The number of nitrogens with zero attached hydrogens (tertiary/aromatic N) is 1. The molecule has 0 fully saturated rings. The van der Waals surface area contributed by atoms with Crippen molar-refractivity contribution in [2.45, 2.75) is 26.9 Å². The van der Waals surface area contributed by atoms with Crippen molar-refractivity contribution in [3.8, 4) is 11.5 Å². The third kappa shape index (κ3) is 3.34. The third-order valence-corrected chi connectivity index (χ3v) is 5.17. The molecule has 0 N–H and O–H groups in total. The summed E-state index contributed by atoms with van der Waals surface area (Å²) < 4.78 is 18.7. The third-order valence-electron chi connectivity index (χ3n) is 5.17. The number of aromatic nitrogens is 1. The van der Waals surface area contributed by atoms with Crippen molar-refractivity contribution < 1.29 is 23.8 Å². The molecule has 3 aromatic rings. The van der Waals surface area contributed by atoms with Crippen molar-refractivity contribution in [1.82, 2.24) is 4.57 Å². The second-order valence-electron chi connectivity index (χ2n) is 7.23. The van der Waals surface area contributed by atoms with Crippen LogP contribution < -0.4 is 9.47 Å². The van der Waals surface area contributed by atoms with Crippen LogP contribution in [0.5, 0.6) is 11.5 Å². The molecule has 4 rings (SSSR count). The van der Waals surface area contributed by atoms with E-state index >= 15 is 0 Å². The Balaban J connectivity index is 1.65. The van der Waals surface area contributed by atoms with Gasteiger partial charge in [-0.25, -0.2) is 4.79 Å². The molecule has 6 nitrogen and oxygen atoms in total. The van der Waals surface area contributed by atoms with E-state index in [0.717, 1.165) is 16.5 Å². The summed E-state index contributed by atoms with van der Waals surface area (Å²) in [4.78, 5) is 24.8. The van der Waals surface area contributed by atoms with Crippen molar-refractivity contribution in [2.24, 2.45) is 7.05 Å². The Morgan fingerprint density at radius 3 is 2.77 bits per heavy atom. The van der Waals surface area contributed by atoms with Gasteiger partial charge in [-0.3, -0.25) is 4.79 Å². The summed E-state index contributed by atoms with van der Waals surface area (Å²) in [5.41, 5.74) is 3.13. The minimum Gasteiger partial charge on any atom is -0.479 e. The number of fused-ring (bicyclic) bond motifs is 2. The lowest BCUT2D eigenvalue weighted by molar-refractivity contribution is -0.150. The fraction of sp³-hybridized carbons (Fsp3) is 0.250. The van der Waals surface area contributed by atoms with Crippen LogP contribution >= 0.6 is 0 Å². The highest BCUT2D eigenvalue weighted by molar-refractivity contribution is 6.15. The van der Waals surface area contributed by atoms with E-state index in [0.29, 0.717) is 22.6 Å². The Morgan fingerprint density at radius 1 is 1.23 bits per heavy atom. The molecular formula is C24H23NO5. The Morgan fingerprint density at radius 2 is 2.00 bits per heavy atom. The van der Waals surface area contributed by atoms with Crippen LogP contribution in [0.3, 0.4) is 0 Å². The van der Waals surface area contributed by atoms with Crippen LogP contribution in [0.25, 0.3) is 17.0 Å². The number of carbonyl (C=O) groups excluding carboxylic acids is 2. The zero-order chi connectivity index (χ0) is 21.4. The van der Waals surface area contributed by atoms with Crippen molar-refractivity contribution in [2.75, 3.05) is 6.61 Å². The van der Waals surface area contributed by atoms with Gasteiger partial charge in [0, 0.05) is 35.3 Å². The minimum absolute atomic E-state index is 0.175. The molecule has 0 spiro atoms. The Kier molecular flexibility index (Phi) is 5.08. The highest BCUT2D eigenvalue weighted by atomic mass is 16.6. The van der Waals surface area contributed by atoms with Gasteiger partial charge in [0.05, 0.1) is 12.2 Å². The predicted octanol–water partition coefficient (Wildman–Crippen LogP) is 4.43. The van der Waals surface area contributed by atoms with E-state index in [-0.39, 0.29) is 18.1 Å². The molecule has 0 bridgehead atoms. The number of para-hydroxylation sites is 1. The van der Waals surface area contributed by atoms with E-state index in [1.54, 1.807) is 39.0 Å². The number of hydrogen-bond donors (Lipinski definition) is 0. The Labute approximate surface area is 174 Å². The van der Waals surface area contributed by atoms with E-state index < -0.39 is 12.1 Å². The van der Waals surface area contributed by atoms with Crippen LogP contribution in [0.4, 0.5) is 0 Å². The maximum Gasteiger partial charge on any atom is 0.347 e. The van der Waals surface area contributed by atoms with E-state index in [9.17, 15) is 9.59 Å². The van der Waals surface area contributed by atoms with Crippen molar-refractivity contribution in [1.29, 1.82) is 0 Å². The van der Waals surface area contributed by atoms with Gasteiger partial charge in [0.15, 0.2) is 11.9 Å². The summed E-state index contributed by atoms with van der Waals surface area (Å²) in [6.45, 7) is 5.47. The highest BCUT2D eigenvalue weighted by Crippen LogP contribution is 2.40. The number of aryl methyl sites for hydroxylation is 1. The van der Waals surface area contributed by atoms with Gasteiger partial charge < -0.3 is 18.8 Å². The summed E-state index contributed by atoms with van der Waals surface area (Å²) in [6, 6.07) is 11.3. The number of esters is 1. The van der Waals surface area contributed by atoms with Gasteiger partial charge in [-0.05, 0) is 45.0 Å². The maximum absolute atomic E-state index is 12.9. The quantitative estimate of drug-likeness (QED) is 0.464. The lowest BCUT2D eigenvalue weighted by atomic mass is 10.1. The second-order valence-corrected chi connectivity index (χ2v) is 7.23. The van der Waals surface area contributed by atoms with E-state index in [4.69, 9.17) is 14.2 Å². The Hall–Kier alpha value is -3.54. The molecule has 1 atom stereocenters. The largest absolute Gasteiger partial charge is 0.479 e. The summed E-state index contributed by atoms with van der Waals surface area (Å²) in [7, 11) is 1.97. The molecule has 2 aromatic carbocycles. The summed E-state index contributed by atoms with van der Waals surface area (Å²) in [6.07, 6.45) is 2.98. The molecule has 0 aliphatic carbocycles. The molecule has 154 valence electrons. The van der Waals surface area contributed by atoms with Crippen LogP contribution in [0, 0.1) is 6.92 Å². The SMILES string of the molecule is CCOC(=O)C(C)Oc1ccc2c(c1C)O/C(=C\c1cn(C)c3ccccc13)C2=O. The monoisotopic (exact) mass is 405 g/mol. The molecule has 1 aromatic heterocycles. The molecule has 1 aliphatic rings. The van der Waals surface area contributed by atoms with Crippen LogP contribution in [0.2, 0.25) is 0 Å². The number of hydrogen-bond acceptors (Lipinski definition) is 5. The molecule has 0 radical (unpaired) electrons. The Bertz CT molecular complexity index is 1190. The van der Waals surface area contributed by atoms with Gasteiger partial charge in [-0.1, -0.05) is 18.2 Å². The van der Waals surface area contributed by atoms with Gasteiger partial charge in [0.1, 0.15) is 11.5 Å². The van der Waals surface area contributed by atoms with Gasteiger partial charge in [0.25, 0.3) is 0 Å². The van der Waals surface area contributed by atoms with Crippen molar-refractivity contribution in [3.63, 3.8) is 0 Å². The van der Waals surface area contributed by atoms with Gasteiger partial charge in [-0.2, -0.15) is 0 Å². The number of ether oxygens (including phenoxy) is 3. The summed E-state index contributed by atoms with van der Waals surface area (Å²) >= 11 is 0. The van der Waals surface area contributed by atoms with Crippen LogP contribution in [-0.2, 0) is 16.6 Å². The maximum atomic E-state index is 12.9.